The van der Waals surface area contributed by atoms with Crippen molar-refractivity contribution in [2.24, 2.45) is 0 Å². The second-order valence-electron chi connectivity index (χ2n) is 5.39. The maximum Gasteiger partial charge on any atom is 0.405 e. The Hall–Kier alpha value is -0.860. The molecule has 21 heavy (non-hydrogen) atoms. The number of piperazine rings is 1. The van der Waals surface area contributed by atoms with Crippen molar-refractivity contribution in [3.05, 3.63) is 0 Å². The fourth-order valence-electron chi connectivity index (χ4n) is 2.42. The van der Waals surface area contributed by atoms with Crippen LogP contribution < -0.4 is 10.6 Å². The van der Waals surface area contributed by atoms with E-state index in [1.165, 1.54) is 4.90 Å². The number of halogens is 3. The van der Waals surface area contributed by atoms with Gasteiger partial charge in [-0.2, -0.15) is 13.2 Å². The van der Waals surface area contributed by atoms with Crippen LogP contribution in [-0.2, 0) is 4.79 Å². The number of likely N-dealkylation sites (N-methyl/N-ethyl adjacent to an activating group) is 1. The number of carbonyl (C=O) groups excluding carboxylic acids is 1. The number of rotatable bonds is 7. The third-order valence-electron chi connectivity index (χ3n) is 3.48. The SMILES string of the molecule is CCCN(C)CC(=O)NCC(N1CCNCC1)C(F)(F)F. The minimum absolute atomic E-state index is 0.125. The lowest BCUT2D eigenvalue weighted by atomic mass is 10.2. The average molecular weight is 310 g/mol. The largest absolute Gasteiger partial charge is 0.405 e. The van der Waals surface area contributed by atoms with E-state index >= 15 is 0 Å². The molecular formula is C13H25F3N4O. The highest BCUT2D eigenvalue weighted by Gasteiger charge is 2.43. The predicted octanol–water partition coefficient (Wildman–Crippen LogP) is 0.281. The summed E-state index contributed by atoms with van der Waals surface area (Å²) in [5.41, 5.74) is 0. The van der Waals surface area contributed by atoms with Crippen molar-refractivity contribution < 1.29 is 18.0 Å². The summed E-state index contributed by atoms with van der Waals surface area (Å²) in [6.07, 6.45) is -3.43. The van der Waals surface area contributed by atoms with E-state index in [1.54, 1.807) is 11.9 Å². The summed E-state index contributed by atoms with van der Waals surface area (Å²) in [5.74, 6) is -0.365. The second kappa shape index (κ2) is 8.55. The molecule has 8 heteroatoms. The molecular weight excluding hydrogens is 285 g/mol. The van der Waals surface area contributed by atoms with Crippen LogP contribution in [0.3, 0.4) is 0 Å². The molecule has 1 heterocycles. The Bertz CT molecular complexity index is 319. The summed E-state index contributed by atoms with van der Waals surface area (Å²) in [4.78, 5) is 14.9. The van der Waals surface area contributed by atoms with Gasteiger partial charge in [0.1, 0.15) is 6.04 Å². The first-order chi connectivity index (χ1) is 9.84. The van der Waals surface area contributed by atoms with Gasteiger partial charge < -0.3 is 10.6 Å². The molecule has 0 saturated carbocycles. The van der Waals surface area contributed by atoms with Crippen LogP contribution in [0.25, 0.3) is 0 Å². The van der Waals surface area contributed by atoms with Crippen molar-refractivity contribution >= 4 is 5.91 Å². The molecule has 1 rings (SSSR count). The van der Waals surface area contributed by atoms with E-state index in [4.69, 9.17) is 0 Å². The van der Waals surface area contributed by atoms with E-state index < -0.39 is 12.2 Å². The van der Waals surface area contributed by atoms with Gasteiger partial charge in [0.2, 0.25) is 5.91 Å². The molecule has 1 amide bonds. The number of amides is 1. The van der Waals surface area contributed by atoms with Crippen LogP contribution in [0.4, 0.5) is 13.2 Å². The van der Waals surface area contributed by atoms with E-state index in [0.29, 0.717) is 26.2 Å². The molecule has 1 atom stereocenters. The molecule has 124 valence electrons. The lowest BCUT2D eigenvalue weighted by Gasteiger charge is -2.36. The van der Waals surface area contributed by atoms with Crippen LogP contribution in [0.2, 0.25) is 0 Å². The Labute approximate surface area is 123 Å². The first kappa shape index (κ1) is 18.2. The zero-order valence-electron chi connectivity index (χ0n) is 12.7. The van der Waals surface area contributed by atoms with E-state index in [9.17, 15) is 18.0 Å². The summed E-state index contributed by atoms with van der Waals surface area (Å²) < 4.78 is 39.3. The van der Waals surface area contributed by atoms with Gasteiger partial charge >= 0.3 is 6.18 Å². The molecule has 0 spiro atoms. The van der Waals surface area contributed by atoms with Crippen LogP contribution in [0.15, 0.2) is 0 Å². The third kappa shape index (κ3) is 6.62. The van der Waals surface area contributed by atoms with Gasteiger partial charge in [0, 0.05) is 32.7 Å². The summed E-state index contributed by atoms with van der Waals surface area (Å²) in [7, 11) is 1.78. The van der Waals surface area contributed by atoms with Gasteiger partial charge in [0.15, 0.2) is 0 Å². The first-order valence-electron chi connectivity index (χ1n) is 7.31. The Morgan fingerprint density at radius 3 is 2.52 bits per heavy atom. The minimum atomic E-state index is -4.33. The van der Waals surface area contributed by atoms with E-state index in [-0.39, 0.29) is 19.0 Å². The van der Waals surface area contributed by atoms with Crippen LogP contribution >= 0.6 is 0 Å². The van der Waals surface area contributed by atoms with Crippen LogP contribution in [-0.4, -0.2) is 80.8 Å². The van der Waals surface area contributed by atoms with E-state index in [2.05, 4.69) is 10.6 Å². The van der Waals surface area contributed by atoms with Crippen molar-refractivity contribution in [3.8, 4) is 0 Å². The number of hydrogen-bond donors (Lipinski definition) is 2. The average Bonchev–Trinajstić information content (AvgIpc) is 2.38. The lowest BCUT2D eigenvalue weighted by Crippen LogP contribution is -2.58. The maximum atomic E-state index is 13.1. The minimum Gasteiger partial charge on any atom is -0.353 e. The van der Waals surface area contributed by atoms with Gasteiger partial charge in [0.05, 0.1) is 6.54 Å². The molecule has 1 saturated heterocycles. The lowest BCUT2D eigenvalue weighted by molar-refractivity contribution is -0.184. The second-order valence-corrected chi connectivity index (χ2v) is 5.39. The van der Waals surface area contributed by atoms with Crippen LogP contribution in [0.1, 0.15) is 13.3 Å². The molecule has 2 N–H and O–H groups in total. The van der Waals surface area contributed by atoms with Gasteiger partial charge in [0.25, 0.3) is 0 Å². The molecule has 1 aliphatic heterocycles. The predicted molar refractivity (Wildman–Crippen MR) is 75.1 cm³/mol. The quantitative estimate of drug-likeness (QED) is 0.709. The monoisotopic (exact) mass is 310 g/mol. The van der Waals surface area contributed by atoms with Crippen molar-refractivity contribution in [2.45, 2.75) is 25.6 Å². The summed E-state index contributed by atoms with van der Waals surface area (Å²) in [5, 5.41) is 5.44. The zero-order chi connectivity index (χ0) is 15.9. The standard InChI is InChI=1S/C13H25F3N4O/c1-3-6-19(2)10-12(21)18-9-11(13(14,15)16)20-7-4-17-5-8-20/h11,17H,3-10H2,1-2H3,(H,18,21). The smallest absolute Gasteiger partial charge is 0.353 e. The topological polar surface area (TPSA) is 47.6 Å². The third-order valence-corrected chi connectivity index (χ3v) is 3.48. The molecule has 5 nitrogen and oxygen atoms in total. The summed E-state index contributed by atoms with van der Waals surface area (Å²) in [6, 6.07) is -1.61. The molecule has 0 aromatic carbocycles. The van der Waals surface area contributed by atoms with Gasteiger partial charge in [-0.25, -0.2) is 0 Å². The van der Waals surface area contributed by atoms with E-state index in [1.807, 2.05) is 6.92 Å². The molecule has 0 aromatic heterocycles. The zero-order valence-corrected chi connectivity index (χ0v) is 12.7. The molecule has 1 fully saturated rings. The number of nitrogens with zero attached hydrogens (tertiary/aromatic N) is 2. The van der Waals surface area contributed by atoms with Gasteiger partial charge in [-0.1, -0.05) is 6.92 Å². The van der Waals surface area contributed by atoms with Crippen molar-refractivity contribution in [2.75, 3.05) is 52.9 Å². The highest BCUT2D eigenvalue weighted by atomic mass is 19.4. The highest BCUT2D eigenvalue weighted by Crippen LogP contribution is 2.24. The normalized spacial score (nSPS) is 18.8. The Kier molecular flexibility index (Phi) is 7.41. The van der Waals surface area contributed by atoms with Crippen LogP contribution in [0.5, 0.6) is 0 Å². The van der Waals surface area contributed by atoms with Crippen molar-refractivity contribution in [3.63, 3.8) is 0 Å². The number of hydrogen-bond acceptors (Lipinski definition) is 4. The Morgan fingerprint density at radius 1 is 1.38 bits per heavy atom. The van der Waals surface area contributed by atoms with Gasteiger partial charge in [-0.15, -0.1) is 0 Å². The van der Waals surface area contributed by atoms with Crippen molar-refractivity contribution in [1.82, 2.24) is 20.4 Å². The summed E-state index contributed by atoms with van der Waals surface area (Å²) >= 11 is 0. The maximum absolute atomic E-state index is 13.1. The fourth-order valence-corrected chi connectivity index (χ4v) is 2.42. The molecule has 0 radical (unpaired) electrons. The number of nitrogens with one attached hydrogen (secondary N) is 2. The molecule has 0 aliphatic carbocycles. The first-order valence-corrected chi connectivity index (χ1v) is 7.31. The number of carbonyl (C=O) groups is 1. The fraction of sp³-hybridized carbons (Fsp3) is 0.923. The number of alkyl halides is 3. The van der Waals surface area contributed by atoms with Crippen molar-refractivity contribution in [1.29, 1.82) is 0 Å². The Balaban J connectivity index is 2.47. The molecule has 0 bridgehead atoms. The highest BCUT2D eigenvalue weighted by molar-refractivity contribution is 5.78. The van der Waals surface area contributed by atoms with E-state index in [0.717, 1.165) is 13.0 Å². The van der Waals surface area contributed by atoms with Gasteiger partial charge in [-0.3, -0.25) is 14.6 Å². The Morgan fingerprint density at radius 2 is 2.00 bits per heavy atom. The summed E-state index contributed by atoms with van der Waals surface area (Å²) in [6.45, 7) is 4.24. The van der Waals surface area contributed by atoms with Gasteiger partial charge in [-0.05, 0) is 20.0 Å². The molecule has 0 aromatic rings. The molecule has 1 aliphatic rings. The van der Waals surface area contributed by atoms with Crippen LogP contribution in [0, 0.1) is 0 Å². The molecule has 1 unspecified atom stereocenters.